The average molecular weight is 472 g/mol. The van der Waals surface area contributed by atoms with Gasteiger partial charge in [0.15, 0.2) is 11.6 Å². The van der Waals surface area contributed by atoms with Gasteiger partial charge in [-0.05, 0) is 41.9 Å². The molecule has 0 unspecified atom stereocenters. The van der Waals surface area contributed by atoms with Crippen LogP contribution in [0.5, 0.6) is 5.75 Å². The molecule has 0 saturated carbocycles. The van der Waals surface area contributed by atoms with Crippen molar-refractivity contribution >= 4 is 29.1 Å². The number of ketones is 2. The number of carboxylic acids is 1. The molecular weight excluding hydrogens is 442 g/mol. The molecule has 4 rings (SSSR count). The topological polar surface area (TPSA) is 83.9 Å². The standard InChI is InChI=1S/C26H30ClNO5/c1-25(2)9-16-23(18(29)11-25)22(15-8-14(27)6-7-20(15)33-5)24-17(28(16)13-21(31)32)10-26(3,4)12-19(24)30/h6-8,22H,9-13H2,1-5H3,(H,31,32). The largest absolute Gasteiger partial charge is 0.496 e. The second kappa shape index (κ2) is 8.01. The maximum atomic E-state index is 13.6. The third-order valence-corrected chi connectivity index (χ3v) is 7.05. The molecule has 0 saturated heterocycles. The second-order valence-corrected chi connectivity index (χ2v) is 11.3. The molecule has 0 atom stereocenters. The predicted molar refractivity (Wildman–Crippen MR) is 125 cm³/mol. The molecule has 7 heteroatoms. The van der Waals surface area contributed by atoms with Crippen molar-refractivity contribution in [1.29, 1.82) is 0 Å². The van der Waals surface area contributed by atoms with E-state index in [1.54, 1.807) is 30.2 Å². The number of benzene rings is 1. The summed E-state index contributed by atoms with van der Waals surface area (Å²) < 4.78 is 5.62. The summed E-state index contributed by atoms with van der Waals surface area (Å²) >= 11 is 6.36. The zero-order chi connectivity index (χ0) is 24.3. The first-order chi connectivity index (χ1) is 15.3. The Morgan fingerprint density at radius 1 is 1.03 bits per heavy atom. The number of hydrogen-bond donors (Lipinski definition) is 1. The van der Waals surface area contributed by atoms with E-state index in [0.717, 1.165) is 0 Å². The first-order valence-corrected chi connectivity index (χ1v) is 11.6. The number of carbonyl (C=O) groups excluding carboxylic acids is 2. The highest BCUT2D eigenvalue weighted by atomic mass is 35.5. The molecule has 0 bridgehead atoms. The zero-order valence-corrected chi connectivity index (χ0v) is 20.5. The van der Waals surface area contributed by atoms with Crippen LogP contribution in [0.15, 0.2) is 40.7 Å². The van der Waals surface area contributed by atoms with Gasteiger partial charge in [0.1, 0.15) is 12.3 Å². The van der Waals surface area contributed by atoms with Crippen LogP contribution in [0.1, 0.15) is 64.9 Å². The molecule has 33 heavy (non-hydrogen) atoms. The fraction of sp³-hybridized carbons (Fsp3) is 0.500. The minimum Gasteiger partial charge on any atom is -0.496 e. The van der Waals surface area contributed by atoms with Gasteiger partial charge in [0.2, 0.25) is 0 Å². The van der Waals surface area contributed by atoms with Crippen LogP contribution in [0, 0.1) is 10.8 Å². The van der Waals surface area contributed by atoms with Gasteiger partial charge < -0.3 is 14.7 Å². The Kier molecular flexibility index (Phi) is 5.72. The number of nitrogens with zero attached hydrogens (tertiary/aromatic N) is 1. The van der Waals surface area contributed by atoms with Crippen LogP contribution in [0.3, 0.4) is 0 Å². The Bertz CT molecular complexity index is 1070. The molecule has 0 aromatic heterocycles. The molecule has 1 aromatic rings. The van der Waals surface area contributed by atoms with Crippen molar-refractivity contribution in [2.75, 3.05) is 13.7 Å². The molecule has 1 N–H and O–H groups in total. The highest BCUT2D eigenvalue weighted by Crippen LogP contribution is 2.55. The lowest BCUT2D eigenvalue weighted by molar-refractivity contribution is -0.138. The highest BCUT2D eigenvalue weighted by Gasteiger charge is 2.49. The fourth-order valence-corrected chi connectivity index (χ4v) is 5.80. The van der Waals surface area contributed by atoms with E-state index in [0.29, 0.717) is 64.6 Å². The van der Waals surface area contributed by atoms with Crippen molar-refractivity contribution in [2.24, 2.45) is 10.8 Å². The van der Waals surface area contributed by atoms with Gasteiger partial charge in [-0.2, -0.15) is 0 Å². The number of ether oxygens (including phenoxy) is 1. The Labute approximate surface area is 199 Å². The van der Waals surface area contributed by atoms with Crippen molar-refractivity contribution in [3.8, 4) is 5.75 Å². The lowest BCUT2D eigenvalue weighted by Crippen LogP contribution is -2.45. The summed E-state index contributed by atoms with van der Waals surface area (Å²) in [6.45, 7) is 7.78. The maximum absolute atomic E-state index is 13.6. The number of aliphatic carboxylic acids is 1. The first-order valence-electron chi connectivity index (χ1n) is 11.2. The van der Waals surface area contributed by atoms with Gasteiger partial charge in [0.25, 0.3) is 0 Å². The third kappa shape index (κ3) is 4.21. The van der Waals surface area contributed by atoms with Gasteiger partial charge in [0, 0.05) is 51.9 Å². The minimum absolute atomic E-state index is 0.0622. The maximum Gasteiger partial charge on any atom is 0.323 e. The Hall–Kier alpha value is -2.60. The monoisotopic (exact) mass is 471 g/mol. The van der Waals surface area contributed by atoms with Gasteiger partial charge in [-0.25, -0.2) is 0 Å². The SMILES string of the molecule is COc1ccc(Cl)cc1C1C2=C(CC(C)(C)CC2=O)N(CC(=O)O)C2=C1C(=O)CC(C)(C)C2. The Morgan fingerprint density at radius 2 is 1.55 bits per heavy atom. The molecule has 0 fully saturated rings. The molecule has 1 heterocycles. The van der Waals surface area contributed by atoms with Crippen molar-refractivity contribution in [3.05, 3.63) is 51.3 Å². The fourth-order valence-electron chi connectivity index (χ4n) is 5.62. The van der Waals surface area contributed by atoms with Gasteiger partial charge in [-0.15, -0.1) is 0 Å². The number of rotatable bonds is 4. The lowest BCUT2D eigenvalue weighted by atomic mass is 9.63. The van der Waals surface area contributed by atoms with Crippen LogP contribution in [0.2, 0.25) is 5.02 Å². The number of carbonyl (C=O) groups is 3. The number of halogens is 1. The molecule has 0 spiro atoms. The zero-order valence-electron chi connectivity index (χ0n) is 19.8. The summed E-state index contributed by atoms with van der Waals surface area (Å²) in [6.07, 6.45) is 1.75. The van der Waals surface area contributed by atoms with Crippen LogP contribution in [0.25, 0.3) is 0 Å². The van der Waals surface area contributed by atoms with Crippen molar-refractivity contribution in [1.82, 2.24) is 4.90 Å². The van der Waals surface area contributed by atoms with E-state index in [9.17, 15) is 19.5 Å². The summed E-state index contributed by atoms with van der Waals surface area (Å²) in [5, 5.41) is 10.2. The molecule has 2 aliphatic carbocycles. The summed E-state index contributed by atoms with van der Waals surface area (Å²) in [4.78, 5) is 40.9. The van der Waals surface area contributed by atoms with Crippen molar-refractivity contribution in [3.63, 3.8) is 0 Å². The smallest absolute Gasteiger partial charge is 0.323 e. The molecule has 0 amide bonds. The van der Waals surface area contributed by atoms with Crippen LogP contribution < -0.4 is 4.74 Å². The summed E-state index contributed by atoms with van der Waals surface area (Å²) in [7, 11) is 1.55. The molecular formula is C26H30ClNO5. The number of Topliss-reactive ketones (excluding diaryl/α,β-unsaturated/α-hetero) is 2. The number of methoxy groups -OCH3 is 1. The predicted octanol–water partition coefficient (Wildman–Crippen LogP) is 5.12. The van der Waals surface area contributed by atoms with E-state index >= 15 is 0 Å². The van der Waals surface area contributed by atoms with E-state index < -0.39 is 11.9 Å². The molecule has 0 radical (unpaired) electrons. The van der Waals surface area contributed by atoms with Gasteiger partial charge in [-0.1, -0.05) is 39.3 Å². The van der Waals surface area contributed by atoms with E-state index in [4.69, 9.17) is 16.3 Å². The van der Waals surface area contributed by atoms with Crippen molar-refractivity contribution in [2.45, 2.75) is 59.3 Å². The lowest BCUT2D eigenvalue weighted by Gasteiger charge is -2.48. The molecule has 3 aliphatic rings. The van der Waals surface area contributed by atoms with Crippen LogP contribution in [0.4, 0.5) is 0 Å². The van der Waals surface area contributed by atoms with Crippen LogP contribution in [-0.2, 0) is 14.4 Å². The summed E-state index contributed by atoms with van der Waals surface area (Å²) in [5.74, 6) is -1.20. The van der Waals surface area contributed by atoms with Gasteiger partial charge >= 0.3 is 5.97 Å². The number of allylic oxidation sites excluding steroid dienone is 4. The van der Waals surface area contributed by atoms with Gasteiger partial charge in [-0.3, -0.25) is 14.4 Å². The minimum atomic E-state index is -1.00. The van der Waals surface area contributed by atoms with E-state index in [-0.39, 0.29) is 28.9 Å². The van der Waals surface area contributed by atoms with E-state index in [1.165, 1.54) is 0 Å². The molecule has 1 aliphatic heterocycles. The highest BCUT2D eigenvalue weighted by molar-refractivity contribution is 6.30. The Morgan fingerprint density at radius 3 is 2.00 bits per heavy atom. The number of hydrogen-bond acceptors (Lipinski definition) is 5. The molecule has 1 aromatic carbocycles. The third-order valence-electron chi connectivity index (χ3n) is 6.82. The number of carboxylic acid groups (broad SMARTS) is 1. The second-order valence-electron chi connectivity index (χ2n) is 10.9. The molecule has 176 valence electrons. The molecule has 6 nitrogen and oxygen atoms in total. The van der Waals surface area contributed by atoms with Crippen LogP contribution >= 0.6 is 11.6 Å². The van der Waals surface area contributed by atoms with Crippen molar-refractivity contribution < 1.29 is 24.2 Å². The van der Waals surface area contributed by atoms with Gasteiger partial charge in [0.05, 0.1) is 7.11 Å². The quantitative estimate of drug-likeness (QED) is 0.656. The van der Waals surface area contributed by atoms with E-state index in [1.807, 2.05) is 27.7 Å². The normalized spacial score (nSPS) is 22.3. The summed E-state index contributed by atoms with van der Waals surface area (Å²) in [6, 6.07) is 5.22. The first kappa shape index (κ1) is 23.6. The average Bonchev–Trinajstić information content (AvgIpc) is 2.67. The summed E-state index contributed by atoms with van der Waals surface area (Å²) in [5.41, 5.74) is 2.45. The Balaban J connectivity index is 2.06. The van der Waals surface area contributed by atoms with E-state index in [2.05, 4.69) is 0 Å². The van der Waals surface area contributed by atoms with Crippen LogP contribution in [-0.4, -0.2) is 41.2 Å².